The molecule has 0 bridgehead atoms. The third kappa shape index (κ3) is 4.98. The van der Waals surface area contributed by atoms with Crippen molar-refractivity contribution in [2.45, 2.75) is 84.2 Å². The summed E-state index contributed by atoms with van der Waals surface area (Å²) in [6.45, 7) is 15.3. The van der Waals surface area contributed by atoms with Crippen molar-refractivity contribution in [3.8, 4) is 0 Å². The van der Waals surface area contributed by atoms with Gasteiger partial charge in [0.05, 0.1) is 12.2 Å². The Morgan fingerprint density at radius 3 is 2.12 bits per heavy atom. The summed E-state index contributed by atoms with van der Waals surface area (Å²) in [5, 5.41) is 10.2. The molecule has 0 aliphatic carbocycles. The quantitative estimate of drug-likeness (QED) is 0.719. The fourth-order valence-electron chi connectivity index (χ4n) is 1.37. The maximum Gasteiger partial charge on any atom is 0.192 e. The van der Waals surface area contributed by atoms with E-state index in [-0.39, 0.29) is 17.2 Å². The zero-order chi connectivity index (χ0) is 13.0. The first-order valence-electron chi connectivity index (χ1n) is 6.47. The third-order valence-electron chi connectivity index (χ3n) is 3.68. The second kappa shape index (κ2) is 6.17. The zero-order valence-electron chi connectivity index (χ0n) is 12.1. The molecule has 0 rings (SSSR count). The molecule has 2 nitrogen and oxygen atoms in total. The molecule has 3 heteroatoms. The minimum Gasteiger partial charge on any atom is -0.412 e. The first kappa shape index (κ1) is 16.1. The fourth-order valence-corrected chi connectivity index (χ4v) is 2.81. The highest BCUT2D eigenvalue weighted by atomic mass is 28.4. The lowest BCUT2D eigenvalue weighted by Gasteiger charge is -2.39. The first-order chi connectivity index (χ1) is 7.12. The van der Waals surface area contributed by atoms with E-state index in [0.29, 0.717) is 0 Å². The molecular weight excluding hydrogens is 216 g/mol. The van der Waals surface area contributed by atoms with Gasteiger partial charge in [-0.25, -0.2) is 0 Å². The van der Waals surface area contributed by atoms with Gasteiger partial charge in [-0.1, -0.05) is 40.5 Å². The summed E-state index contributed by atoms with van der Waals surface area (Å²) >= 11 is 0. The molecule has 0 spiro atoms. The van der Waals surface area contributed by atoms with Crippen LogP contribution in [-0.2, 0) is 4.43 Å². The minimum absolute atomic E-state index is 0.0348. The molecule has 1 N–H and O–H groups in total. The maximum absolute atomic E-state index is 9.98. The number of aliphatic hydroxyl groups excluding tert-OH is 1. The molecule has 0 aromatic rings. The maximum atomic E-state index is 9.98. The van der Waals surface area contributed by atoms with Crippen molar-refractivity contribution in [3.63, 3.8) is 0 Å². The lowest BCUT2D eigenvalue weighted by atomic mass is 10.1. The van der Waals surface area contributed by atoms with Crippen molar-refractivity contribution in [3.05, 3.63) is 0 Å². The number of unbranched alkanes of at least 4 members (excludes halogenated alkanes) is 1. The summed E-state index contributed by atoms with van der Waals surface area (Å²) in [6.07, 6.45) is 2.71. The van der Waals surface area contributed by atoms with Crippen molar-refractivity contribution in [2.75, 3.05) is 0 Å². The van der Waals surface area contributed by atoms with Gasteiger partial charge in [-0.15, -0.1) is 0 Å². The summed E-state index contributed by atoms with van der Waals surface area (Å²) in [5.74, 6) is 0. The topological polar surface area (TPSA) is 29.5 Å². The molecule has 0 aromatic carbocycles. The molecule has 0 radical (unpaired) electrons. The second-order valence-corrected chi connectivity index (χ2v) is 11.0. The molecular formula is C13H30O2Si. The van der Waals surface area contributed by atoms with Crippen LogP contribution in [0.2, 0.25) is 18.1 Å². The van der Waals surface area contributed by atoms with E-state index in [2.05, 4.69) is 40.8 Å². The summed E-state index contributed by atoms with van der Waals surface area (Å²) in [4.78, 5) is 0. The van der Waals surface area contributed by atoms with E-state index in [1.54, 1.807) is 0 Å². The predicted octanol–water partition coefficient (Wildman–Crippen LogP) is 3.95. The van der Waals surface area contributed by atoms with E-state index in [4.69, 9.17) is 4.43 Å². The molecule has 0 amide bonds. The molecule has 2 atom stereocenters. The molecule has 98 valence electrons. The minimum atomic E-state index is -1.73. The highest BCUT2D eigenvalue weighted by Crippen LogP contribution is 2.37. The van der Waals surface area contributed by atoms with Gasteiger partial charge in [0.25, 0.3) is 0 Å². The molecule has 0 saturated carbocycles. The highest BCUT2D eigenvalue weighted by molar-refractivity contribution is 6.74. The van der Waals surface area contributed by atoms with Gasteiger partial charge >= 0.3 is 0 Å². The third-order valence-corrected chi connectivity index (χ3v) is 8.26. The molecule has 0 heterocycles. The van der Waals surface area contributed by atoms with Gasteiger partial charge in [-0.3, -0.25) is 0 Å². The Kier molecular flexibility index (Phi) is 6.23. The average molecular weight is 246 g/mol. The largest absolute Gasteiger partial charge is 0.412 e. The van der Waals surface area contributed by atoms with E-state index >= 15 is 0 Å². The van der Waals surface area contributed by atoms with Gasteiger partial charge in [0.1, 0.15) is 0 Å². The normalized spacial score (nSPS) is 17.2. The highest BCUT2D eigenvalue weighted by Gasteiger charge is 2.39. The summed E-state index contributed by atoms with van der Waals surface area (Å²) < 4.78 is 6.15. The first-order valence-corrected chi connectivity index (χ1v) is 9.38. The van der Waals surface area contributed by atoms with Crippen molar-refractivity contribution in [1.82, 2.24) is 0 Å². The van der Waals surface area contributed by atoms with Crippen molar-refractivity contribution < 1.29 is 9.53 Å². The molecule has 0 unspecified atom stereocenters. The number of hydrogen-bond donors (Lipinski definition) is 1. The van der Waals surface area contributed by atoms with Gasteiger partial charge in [0, 0.05) is 0 Å². The van der Waals surface area contributed by atoms with Crippen LogP contribution in [0, 0.1) is 0 Å². The van der Waals surface area contributed by atoms with Gasteiger partial charge < -0.3 is 9.53 Å². The van der Waals surface area contributed by atoms with E-state index in [1.165, 1.54) is 0 Å². The van der Waals surface area contributed by atoms with E-state index in [1.807, 2.05) is 6.92 Å². The lowest BCUT2D eigenvalue weighted by Crippen LogP contribution is -2.46. The van der Waals surface area contributed by atoms with Gasteiger partial charge in [-0.2, -0.15) is 0 Å². The van der Waals surface area contributed by atoms with Crippen LogP contribution in [0.25, 0.3) is 0 Å². The zero-order valence-corrected chi connectivity index (χ0v) is 13.1. The van der Waals surface area contributed by atoms with Crippen LogP contribution in [0.4, 0.5) is 0 Å². The Bertz CT molecular complexity index is 197. The Morgan fingerprint density at radius 1 is 1.25 bits per heavy atom. The van der Waals surface area contributed by atoms with Crippen molar-refractivity contribution in [1.29, 1.82) is 0 Å². The van der Waals surface area contributed by atoms with Crippen LogP contribution in [0.1, 0.15) is 53.9 Å². The second-order valence-electron chi connectivity index (χ2n) is 6.29. The average Bonchev–Trinajstić information content (AvgIpc) is 2.11. The van der Waals surface area contributed by atoms with E-state index in [9.17, 15) is 5.11 Å². The summed E-state index contributed by atoms with van der Waals surface area (Å²) in [6, 6.07) is 0. The van der Waals surface area contributed by atoms with Crippen molar-refractivity contribution >= 4 is 8.32 Å². The van der Waals surface area contributed by atoms with Crippen LogP contribution in [0.3, 0.4) is 0 Å². The van der Waals surface area contributed by atoms with Gasteiger partial charge in [-0.05, 0) is 31.5 Å². The van der Waals surface area contributed by atoms with E-state index in [0.717, 1.165) is 19.3 Å². The van der Waals surface area contributed by atoms with E-state index < -0.39 is 8.32 Å². The Balaban J connectivity index is 4.27. The molecule has 0 aliphatic heterocycles. The Hall–Kier alpha value is 0.137. The van der Waals surface area contributed by atoms with Crippen LogP contribution in [0.15, 0.2) is 0 Å². The van der Waals surface area contributed by atoms with Crippen LogP contribution < -0.4 is 0 Å². The lowest BCUT2D eigenvalue weighted by molar-refractivity contribution is 0.0321. The van der Waals surface area contributed by atoms with Gasteiger partial charge in [0.15, 0.2) is 8.32 Å². The number of aliphatic hydroxyl groups is 1. The summed E-state index contributed by atoms with van der Waals surface area (Å²) in [5.41, 5.74) is 0. The van der Waals surface area contributed by atoms with Crippen LogP contribution in [0.5, 0.6) is 0 Å². The predicted molar refractivity (Wildman–Crippen MR) is 73.3 cm³/mol. The standard InChI is InChI=1S/C13H30O2Si/c1-8-9-10-12(14)11(2)15-16(6,7)13(3,4)5/h11-12,14H,8-10H2,1-7H3/t11-,12+/m0/s1. The van der Waals surface area contributed by atoms with Crippen LogP contribution in [-0.4, -0.2) is 25.6 Å². The Labute approximate surface area is 103 Å². The molecule has 0 saturated heterocycles. The monoisotopic (exact) mass is 246 g/mol. The molecule has 0 aliphatic rings. The fraction of sp³-hybridized carbons (Fsp3) is 1.00. The molecule has 0 aromatic heterocycles. The number of rotatable bonds is 6. The van der Waals surface area contributed by atoms with Gasteiger partial charge in [0.2, 0.25) is 0 Å². The SMILES string of the molecule is CCCC[C@@H](O)[C@H](C)O[Si](C)(C)C(C)(C)C. The number of hydrogen-bond acceptors (Lipinski definition) is 2. The Morgan fingerprint density at radius 2 is 1.75 bits per heavy atom. The summed E-state index contributed by atoms with van der Waals surface area (Å²) in [7, 11) is -1.73. The smallest absolute Gasteiger partial charge is 0.192 e. The van der Waals surface area contributed by atoms with Crippen molar-refractivity contribution in [2.24, 2.45) is 0 Å². The molecule has 16 heavy (non-hydrogen) atoms. The van der Waals surface area contributed by atoms with Crippen LogP contribution >= 0.6 is 0 Å². The molecule has 0 fully saturated rings.